The standard InChI is InChI=1S/C19H16BrNO4/c1-12-19(15-4-2-3-5-16(15)21-12)17(22)10-25-18(23)11-24-14-8-6-13(20)7-9-14/h2-9,21H,10-11H2,1H3. The van der Waals surface area contributed by atoms with E-state index in [-0.39, 0.29) is 19.0 Å². The zero-order valence-electron chi connectivity index (χ0n) is 13.5. The molecule has 6 heteroatoms. The molecule has 3 rings (SSSR count). The number of rotatable bonds is 6. The van der Waals surface area contributed by atoms with E-state index in [1.165, 1.54) is 0 Å². The summed E-state index contributed by atoms with van der Waals surface area (Å²) in [6.45, 7) is 1.26. The first-order valence-electron chi connectivity index (χ1n) is 7.69. The average molecular weight is 402 g/mol. The molecule has 0 saturated carbocycles. The zero-order valence-corrected chi connectivity index (χ0v) is 15.1. The number of aromatic nitrogens is 1. The molecule has 1 heterocycles. The van der Waals surface area contributed by atoms with Crippen LogP contribution in [-0.2, 0) is 9.53 Å². The van der Waals surface area contributed by atoms with Crippen molar-refractivity contribution in [3.05, 3.63) is 64.3 Å². The third-order valence-corrected chi connectivity index (χ3v) is 4.24. The van der Waals surface area contributed by atoms with Gasteiger partial charge in [0.2, 0.25) is 5.78 Å². The van der Waals surface area contributed by atoms with Crippen LogP contribution in [0, 0.1) is 6.92 Å². The minimum Gasteiger partial charge on any atom is -0.482 e. The topological polar surface area (TPSA) is 68.4 Å². The number of para-hydroxylation sites is 1. The highest BCUT2D eigenvalue weighted by Gasteiger charge is 2.17. The van der Waals surface area contributed by atoms with Gasteiger partial charge in [0.15, 0.2) is 13.2 Å². The van der Waals surface area contributed by atoms with E-state index in [2.05, 4.69) is 20.9 Å². The van der Waals surface area contributed by atoms with Gasteiger partial charge in [-0.05, 0) is 37.3 Å². The smallest absolute Gasteiger partial charge is 0.344 e. The Morgan fingerprint density at radius 2 is 1.76 bits per heavy atom. The van der Waals surface area contributed by atoms with Crippen LogP contribution in [0.15, 0.2) is 53.0 Å². The number of esters is 1. The predicted molar refractivity (Wildman–Crippen MR) is 98.0 cm³/mol. The van der Waals surface area contributed by atoms with Gasteiger partial charge in [0.25, 0.3) is 0 Å². The first kappa shape index (κ1) is 17.2. The molecule has 1 N–H and O–H groups in total. The fourth-order valence-electron chi connectivity index (χ4n) is 2.57. The second-order valence-electron chi connectivity index (χ2n) is 5.50. The molecule has 0 aliphatic carbocycles. The Hall–Kier alpha value is -2.60. The third-order valence-electron chi connectivity index (χ3n) is 3.71. The fraction of sp³-hybridized carbons (Fsp3) is 0.158. The average Bonchev–Trinajstić information content (AvgIpc) is 2.95. The summed E-state index contributed by atoms with van der Waals surface area (Å²) in [6.07, 6.45) is 0. The number of ketones is 1. The van der Waals surface area contributed by atoms with E-state index in [1.54, 1.807) is 12.1 Å². The molecule has 1 aromatic heterocycles. The third kappa shape index (κ3) is 4.09. The molecule has 2 aromatic carbocycles. The van der Waals surface area contributed by atoms with Crippen LogP contribution in [0.25, 0.3) is 10.9 Å². The first-order valence-corrected chi connectivity index (χ1v) is 8.48. The minimum atomic E-state index is -0.589. The van der Waals surface area contributed by atoms with Crippen molar-refractivity contribution < 1.29 is 19.1 Å². The van der Waals surface area contributed by atoms with Gasteiger partial charge in [-0.3, -0.25) is 4.79 Å². The monoisotopic (exact) mass is 401 g/mol. The SMILES string of the molecule is Cc1[nH]c2ccccc2c1C(=O)COC(=O)COc1ccc(Br)cc1. The van der Waals surface area contributed by atoms with Crippen LogP contribution >= 0.6 is 15.9 Å². The maximum atomic E-state index is 12.4. The number of hydrogen-bond acceptors (Lipinski definition) is 4. The lowest BCUT2D eigenvalue weighted by Gasteiger charge is -2.07. The quantitative estimate of drug-likeness (QED) is 0.499. The summed E-state index contributed by atoms with van der Waals surface area (Å²) in [5.41, 5.74) is 2.19. The Kier molecular flexibility index (Phi) is 5.19. The molecular formula is C19H16BrNO4. The van der Waals surface area contributed by atoms with Crippen molar-refractivity contribution in [1.29, 1.82) is 0 Å². The minimum absolute atomic E-state index is 0.244. The molecule has 0 unspecified atom stereocenters. The molecule has 0 fully saturated rings. The molecule has 0 bridgehead atoms. The zero-order chi connectivity index (χ0) is 17.8. The molecule has 0 aliphatic heterocycles. The summed E-state index contributed by atoms with van der Waals surface area (Å²) in [5, 5.41) is 0.826. The van der Waals surface area contributed by atoms with Crippen molar-refractivity contribution in [3.8, 4) is 5.75 Å². The lowest BCUT2D eigenvalue weighted by molar-refractivity contribution is -0.144. The Morgan fingerprint density at radius 3 is 2.52 bits per heavy atom. The molecule has 0 amide bonds. The van der Waals surface area contributed by atoms with E-state index in [9.17, 15) is 9.59 Å². The molecule has 128 valence electrons. The van der Waals surface area contributed by atoms with Gasteiger partial charge in [-0.2, -0.15) is 0 Å². The number of hydrogen-bond donors (Lipinski definition) is 1. The number of H-pyrrole nitrogens is 1. The lowest BCUT2D eigenvalue weighted by atomic mass is 10.1. The lowest BCUT2D eigenvalue weighted by Crippen LogP contribution is -2.19. The van der Waals surface area contributed by atoms with E-state index in [0.717, 1.165) is 21.1 Å². The molecular weight excluding hydrogens is 386 g/mol. The molecule has 0 radical (unpaired) electrons. The molecule has 5 nitrogen and oxygen atoms in total. The normalized spacial score (nSPS) is 10.6. The van der Waals surface area contributed by atoms with Crippen molar-refractivity contribution in [3.63, 3.8) is 0 Å². The summed E-state index contributed by atoms with van der Waals surface area (Å²) in [5.74, 6) is -0.278. The fourth-order valence-corrected chi connectivity index (χ4v) is 2.83. The van der Waals surface area contributed by atoms with E-state index >= 15 is 0 Å². The predicted octanol–water partition coefficient (Wildman–Crippen LogP) is 4.04. The Labute approximate surface area is 153 Å². The molecule has 0 atom stereocenters. The molecule has 25 heavy (non-hydrogen) atoms. The number of fused-ring (bicyclic) bond motifs is 1. The van der Waals surface area contributed by atoms with Crippen molar-refractivity contribution in [2.24, 2.45) is 0 Å². The molecule has 0 saturated heterocycles. The van der Waals surface area contributed by atoms with Crippen LogP contribution in [0.3, 0.4) is 0 Å². The van der Waals surface area contributed by atoms with Gasteiger partial charge in [-0.1, -0.05) is 34.1 Å². The second-order valence-corrected chi connectivity index (χ2v) is 6.41. The van der Waals surface area contributed by atoms with Crippen LogP contribution < -0.4 is 4.74 Å². The summed E-state index contributed by atoms with van der Waals surface area (Å²) >= 11 is 3.32. The van der Waals surface area contributed by atoms with Gasteiger partial charge < -0.3 is 14.5 Å². The number of carbonyl (C=O) groups is 2. The van der Waals surface area contributed by atoms with Gasteiger partial charge in [0, 0.05) is 26.6 Å². The number of aryl methyl sites for hydroxylation is 1. The highest BCUT2D eigenvalue weighted by molar-refractivity contribution is 9.10. The number of ether oxygens (including phenoxy) is 2. The highest BCUT2D eigenvalue weighted by atomic mass is 79.9. The maximum Gasteiger partial charge on any atom is 0.344 e. The Morgan fingerprint density at radius 1 is 1.04 bits per heavy atom. The van der Waals surface area contributed by atoms with Crippen LogP contribution in [0.1, 0.15) is 16.1 Å². The van der Waals surface area contributed by atoms with Crippen LogP contribution in [0.2, 0.25) is 0 Å². The maximum absolute atomic E-state index is 12.4. The van der Waals surface area contributed by atoms with Gasteiger partial charge in [-0.15, -0.1) is 0 Å². The Balaban J connectivity index is 1.57. The van der Waals surface area contributed by atoms with Crippen LogP contribution in [0.5, 0.6) is 5.75 Å². The molecule has 3 aromatic rings. The number of halogens is 1. The van der Waals surface area contributed by atoms with Gasteiger partial charge in [-0.25, -0.2) is 4.79 Å². The van der Waals surface area contributed by atoms with E-state index in [4.69, 9.17) is 9.47 Å². The van der Waals surface area contributed by atoms with Crippen molar-refractivity contribution >= 4 is 38.6 Å². The number of carbonyl (C=O) groups excluding carboxylic acids is 2. The van der Waals surface area contributed by atoms with Gasteiger partial charge >= 0.3 is 5.97 Å². The van der Waals surface area contributed by atoms with Crippen molar-refractivity contribution in [2.45, 2.75) is 6.92 Å². The summed E-state index contributed by atoms with van der Waals surface area (Å²) in [6, 6.07) is 14.6. The number of nitrogens with one attached hydrogen (secondary N) is 1. The molecule has 0 spiro atoms. The number of Topliss-reactive ketones (excluding diaryl/α,β-unsaturated/α-hetero) is 1. The Bertz CT molecular complexity index is 915. The summed E-state index contributed by atoms with van der Waals surface area (Å²) < 4.78 is 11.3. The van der Waals surface area contributed by atoms with Crippen molar-refractivity contribution in [1.82, 2.24) is 4.98 Å². The second kappa shape index (κ2) is 7.53. The van der Waals surface area contributed by atoms with E-state index in [0.29, 0.717) is 11.3 Å². The molecule has 0 aliphatic rings. The first-order chi connectivity index (χ1) is 12.0. The van der Waals surface area contributed by atoms with Gasteiger partial charge in [0.1, 0.15) is 5.75 Å². The van der Waals surface area contributed by atoms with Crippen LogP contribution in [-0.4, -0.2) is 30.0 Å². The van der Waals surface area contributed by atoms with Crippen molar-refractivity contribution in [2.75, 3.05) is 13.2 Å². The van der Waals surface area contributed by atoms with Crippen LogP contribution in [0.4, 0.5) is 0 Å². The van der Waals surface area contributed by atoms with Gasteiger partial charge in [0.05, 0.1) is 0 Å². The van der Waals surface area contributed by atoms with E-state index in [1.807, 2.05) is 43.3 Å². The highest BCUT2D eigenvalue weighted by Crippen LogP contribution is 2.22. The summed E-state index contributed by atoms with van der Waals surface area (Å²) in [4.78, 5) is 27.4. The van der Waals surface area contributed by atoms with E-state index < -0.39 is 5.97 Å². The number of benzene rings is 2. The number of aromatic amines is 1. The largest absolute Gasteiger partial charge is 0.482 e. The summed E-state index contributed by atoms with van der Waals surface area (Å²) in [7, 11) is 0.